The summed E-state index contributed by atoms with van der Waals surface area (Å²) in [4.78, 5) is 29.4. The highest BCUT2D eigenvalue weighted by atomic mass is 32.2. The van der Waals surface area contributed by atoms with E-state index in [1.807, 2.05) is 0 Å². The Hall–Kier alpha value is -3.38. The van der Waals surface area contributed by atoms with Crippen molar-refractivity contribution in [3.8, 4) is 17.2 Å². The van der Waals surface area contributed by atoms with Gasteiger partial charge in [-0.05, 0) is 31.2 Å². The molecule has 10 nitrogen and oxygen atoms in total. The minimum Gasteiger partial charge on any atom is -0.497 e. The molecular weight excluding hydrogens is 496 g/mol. The summed E-state index contributed by atoms with van der Waals surface area (Å²) in [5.41, 5.74) is 0.629. The minimum atomic E-state index is -3.69. The largest absolute Gasteiger partial charge is 0.497 e. The predicted molar refractivity (Wildman–Crippen MR) is 128 cm³/mol. The molecule has 0 fully saturated rings. The summed E-state index contributed by atoms with van der Waals surface area (Å²) in [5, 5.41) is 0. The number of hydrogen-bond acceptors (Lipinski definition) is 9. The summed E-state index contributed by atoms with van der Waals surface area (Å²) < 4.78 is 48.9. The first kappa shape index (κ1) is 24.7. The van der Waals surface area contributed by atoms with Crippen LogP contribution in [0.15, 0.2) is 46.3 Å². The monoisotopic (exact) mass is 520 g/mol. The molecule has 0 N–H and O–H groups in total. The van der Waals surface area contributed by atoms with E-state index in [1.165, 1.54) is 30.6 Å². The molecule has 0 spiro atoms. The maximum Gasteiger partial charge on any atom is 0.326 e. The summed E-state index contributed by atoms with van der Waals surface area (Å²) >= 11 is 1.19. The Balaban J connectivity index is 1.62. The van der Waals surface area contributed by atoms with Gasteiger partial charge in [-0.15, -0.1) is 0 Å². The number of rotatable bonds is 8. The van der Waals surface area contributed by atoms with Gasteiger partial charge in [-0.25, -0.2) is 8.42 Å². The second kappa shape index (κ2) is 10.5. The van der Waals surface area contributed by atoms with Crippen molar-refractivity contribution < 1.29 is 37.0 Å². The second-order valence-corrected chi connectivity index (χ2v) is 10.6. The quantitative estimate of drug-likeness (QED) is 0.415. The number of benzene rings is 2. The van der Waals surface area contributed by atoms with E-state index in [0.717, 1.165) is 4.70 Å². The molecule has 1 amide bonds. The van der Waals surface area contributed by atoms with E-state index in [2.05, 4.69) is 4.99 Å². The Morgan fingerprint density at radius 1 is 1.11 bits per heavy atom. The lowest BCUT2D eigenvalue weighted by atomic mass is 10.2. The third-order valence-electron chi connectivity index (χ3n) is 5.16. The van der Waals surface area contributed by atoms with Crippen LogP contribution in [0.3, 0.4) is 0 Å². The van der Waals surface area contributed by atoms with Crippen LogP contribution in [0.2, 0.25) is 0 Å². The topological polar surface area (TPSA) is 122 Å². The fourth-order valence-electron chi connectivity index (χ4n) is 3.47. The van der Waals surface area contributed by atoms with Crippen molar-refractivity contribution in [1.29, 1.82) is 0 Å². The van der Waals surface area contributed by atoms with E-state index in [1.54, 1.807) is 35.8 Å². The van der Waals surface area contributed by atoms with Gasteiger partial charge in [0.25, 0.3) is 0 Å². The smallest absolute Gasteiger partial charge is 0.326 e. The molecule has 2 heterocycles. The average molecular weight is 521 g/mol. The molecule has 2 aromatic carbocycles. The van der Waals surface area contributed by atoms with Gasteiger partial charge in [0.05, 0.1) is 34.6 Å². The Bertz CT molecular complexity index is 1420. The van der Waals surface area contributed by atoms with Gasteiger partial charge < -0.3 is 23.5 Å². The van der Waals surface area contributed by atoms with Crippen LogP contribution in [0.25, 0.3) is 10.2 Å². The van der Waals surface area contributed by atoms with Crippen molar-refractivity contribution in [1.82, 2.24) is 4.57 Å². The number of carbonyl (C=O) groups is 2. The van der Waals surface area contributed by atoms with Gasteiger partial charge in [0.1, 0.15) is 25.5 Å². The molecule has 0 radical (unpaired) electrons. The first-order valence-corrected chi connectivity index (χ1v) is 13.3. The fraction of sp³-hybridized carbons (Fsp3) is 0.348. The van der Waals surface area contributed by atoms with Crippen LogP contribution in [-0.4, -0.2) is 57.5 Å². The van der Waals surface area contributed by atoms with Gasteiger partial charge in [0, 0.05) is 18.6 Å². The summed E-state index contributed by atoms with van der Waals surface area (Å²) in [6.45, 7) is 2.57. The molecular formula is C23H24N2O8S2. The number of methoxy groups -OCH3 is 1. The molecule has 1 aliphatic heterocycles. The lowest BCUT2D eigenvalue weighted by Crippen LogP contribution is -2.23. The number of nitrogens with zero attached hydrogens (tertiary/aromatic N) is 2. The maximum absolute atomic E-state index is 12.7. The van der Waals surface area contributed by atoms with Gasteiger partial charge in [-0.3, -0.25) is 9.59 Å². The SMILES string of the molecule is CCOC(=O)Cn1c(=NC(=O)CCS(=O)(=O)c2ccc(OC)cc2)sc2cc3c(cc21)OCCO3. The number of sulfone groups is 1. The van der Waals surface area contributed by atoms with Crippen LogP contribution in [0.4, 0.5) is 0 Å². The molecule has 4 rings (SSSR count). The number of esters is 1. The Labute approximate surface area is 205 Å². The van der Waals surface area contributed by atoms with Gasteiger partial charge in [-0.1, -0.05) is 11.3 Å². The molecule has 0 bridgehead atoms. The van der Waals surface area contributed by atoms with Gasteiger partial charge >= 0.3 is 5.97 Å². The van der Waals surface area contributed by atoms with Crippen molar-refractivity contribution in [3.05, 3.63) is 41.2 Å². The second-order valence-electron chi connectivity index (χ2n) is 7.49. The molecule has 1 aromatic heterocycles. The zero-order chi connectivity index (χ0) is 25.0. The fourth-order valence-corrected chi connectivity index (χ4v) is 5.75. The molecule has 0 aliphatic carbocycles. The Kier molecular flexibility index (Phi) is 7.41. The number of aromatic nitrogens is 1. The number of carbonyl (C=O) groups excluding carboxylic acids is 2. The van der Waals surface area contributed by atoms with E-state index < -0.39 is 27.5 Å². The number of fused-ring (bicyclic) bond motifs is 2. The van der Waals surface area contributed by atoms with Crippen LogP contribution < -0.4 is 19.0 Å². The van der Waals surface area contributed by atoms with Crippen LogP contribution in [0.5, 0.6) is 17.2 Å². The third kappa shape index (κ3) is 5.65. The van der Waals surface area contributed by atoms with Crippen molar-refractivity contribution >= 4 is 43.3 Å². The van der Waals surface area contributed by atoms with Crippen molar-refractivity contribution in [2.75, 3.05) is 32.7 Å². The van der Waals surface area contributed by atoms with Crippen LogP contribution >= 0.6 is 11.3 Å². The van der Waals surface area contributed by atoms with E-state index in [4.69, 9.17) is 18.9 Å². The van der Waals surface area contributed by atoms with Crippen LogP contribution in [0, 0.1) is 0 Å². The molecule has 3 aromatic rings. The normalized spacial score (nSPS) is 13.6. The maximum atomic E-state index is 12.7. The summed E-state index contributed by atoms with van der Waals surface area (Å²) in [6, 6.07) is 9.45. The Morgan fingerprint density at radius 3 is 2.46 bits per heavy atom. The number of hydrogen-bond donors (Lipinski definition) is 0. The van der Waals surface area contributed by atoms with Crippen molar-refractivity contribution in [3.63, 3.8) is 0 Å². The third-order valence-corrected chi connectivity index (χ3v) is 7.94. The van der Waals surface area contributed by atoms with Crippen LogP contribution in [0.1, 0.15) is 13.3 Å². The summed E-state index contributed by atoms with van der Waals surface area (Å²) in [5.74, 6) is 0.116. The first-order valence-electron chi connectivity index (χ1n) is 10.8. The van der Waals surface area contributed by atoms with Gasteiger partial charge in [-0.2, -0.15) is 4.99 Å². The molecule has 12 heteroatoms. The zero-order valence-electron chi connectivity index (χ0n) is 19.2. The Morgan fingerprint density at radius 2 is 1.80 bits per heavy atom. The molecule has 0 atom stereocenters. The highest BCUT2D eigenvalue weighted by Gasteiger charge is 2.20. The van der Waals surface area contributed by atoms with E-state index >= 15 is 0 Å². The van der Waals surface area contributed by atoms with Gasteiger partial charge in [0.15, 0.2) is 26.1 Å². The first-order chi connectivity index (χ1) is 16.8. The minimum absolute atomic E-state index is 0.0934. The molecule has 186 valence electrons. The lowest BCUT2D eigenvalue weighted by Gasteiger charge is -2.18. The molecule has 35 heavy (non-hydrogen) atoms. The van der Waals surface area contributed by atoms with E-state index in [9.17, 15) is 18.0 Å². The average Bonchev–Trinajstić information content (AvgIpc) is 3.17. The number of ether oxygens (including phenoxy) is 4. The van der Waals surface area contributed by atoms with Gasteiger partial charge in [0.2, 0.25) is 5.91 Å². The van der Waals surface area contributed by atoms with Crippen LogP contribution in [-0.2, 0) is 30.7 Å². The highest BCUT2D eigenvalue weighted by Crippen LogP contribution is 2.35. The number of thiazole rings is 1. The van der Waals surface area contributed by atoms with E-state index in [0.29, 0.717) is 36.0 Å². The molecule has 0 saturated carbocycles. The lowest BCUT2D eigenvalue weighted by molar-refractivity contribution is -0.143. The van der Waals surface area contributed by atoms with E-state index in [-0.39, 0.29) is 29.3 Å². The predicted octanol–water partition coefficient (Wildman–Crippen LogP) is 2.34. The van der Waals surface area contributed by atoms with Crippen molar-refractivity contribution in [2.24, 2.45) is 4.99 Å². The standard InChI is InChI=1S/C23H24N2O8S2/c1-3-31-22(27)14-25-17-12-18-19(33-10-9-32-18)13-20(17)34-23(25)24-21(26)8-11-35(28,29)16-6-4-15(30-2)5-7-16/h4-7,12-13H,3,8-11,14H2,1-2H3. The summed E-state index contributed by atoms with van der Waals surface area (Å²) in [7, 11) is -2.20. The van der Waals surface area contributed by atoms with Crippen molar-refractivity contribution in [2.45, 2.75) is 24.8 Å². The zero-order valence-corrected chi connectivity index (χ0v) is 20.8. The summed E-state index contributed by atoms with van der Waals surface area (Å²) in [6.07, 6.45) is -0.315. The molecule has 0 unspecified atom stereocenters. The molecule has 1 aliphatic rings. The molecule has 0 saturated heterocycles. The number of amides is 1. The highest BCUT2D eigenvalue weighted by molar-refractivity contribution is 7.91.